The first kappa shape index (κ1) is 21.8. The van der Waals surface area contributed by atoms with Crippen molar-refractivity contribution in [3.05, 3.63) is 86.9 Å². The molecular weight excluding hydrogens is 443 g/mol. The van der Waals surface area contributed by atoms with Crippen molar-refractivity contribution in [2.75, 3.05) is 13.2 Å². The van der Waals surface area contributed by atoms with Crippen LogP contribution in [0.5, 0.6) is 0 Å². The molecule has 8 heteroatoms. The molecule has 1 aromatic heterocycles. The molecule has 0 fully saturated rings. The minimum atomic E-state index is -0.728. The fraction of sp³-hybridized carbons (Fsp3) is 0.261. The number of hydrogen-bond acceptors (Lipinski definition) is 3. The average molecular weight is 463 g/mol. The Morgan fingerprint density at radius 2 is 1.84 bits per heavy atom. The number of fused-ring (bicyclic) bond motifs is 3. The molecule has 0 amide bonds. The summed E-state index contributed by atoms with van der Waals surface area (Å²) < 4.78 is 36.8. The zero-order valence-corrected chi connectivity index (χ0v) is 18.5. The van der Waals surface area contributed by atoms with Gasteiger partial charge >= 0.3 is 5.82 Å². The number of aliphatic imine (C=N–C) groups is 1. The molecule has 0 bridgehead atoms. The molecule has 0 N–H and O–H groups in total. The maximum absolute atomic E-state index is 14.8. The third-order valence-corrected chi connectivity index (χ3v) is 5.91. The quantitative estimate of drug-likeness (QED) is 0.374. The van der Waals surface area contributed by atoms with Gasteiger partial charge in [-0.1, -0.05) is 34.3 Å². The molecule has 1 atom stereocenters. The van der Waals surface area contributed by atoms with Gasteiger partial charge in [0, 0.05) is 18.6 Å². The summed E-state index contributed by atoms with van der Waals surface area (Å²) in [6.45, 7) is 4.95. The van der Waals surface area contributed by atoms with Crippen LogP contribution in [0.25, 0.3) is 5.69 Å². The second-order valence-electron chi connectivity index (χ2n) is 7.14. The summed E-state index contributed by atoms with van der Waals surface area (Å²) in [7, 11) is 0. The molecule has 0 aliphatic carbocycles. The first-order chi connectivity index (χ1) is 14.9. The largest absolute Gasteiger partial charge is 0.381 e. The van der Waals surface area contributed by atoms with Crippen molar-refractivity contribution >= 4 is 28.9 Å². The summed E-state index contributed by atoms with van der Waals surface area (Å²) in [6, 6.07) is 6.62. The molecule has 31 heavy (non-hydrogen) atoms. The molecule has 160 valence electrons. The molecule has 0 saturated carbocycles. The Bertz CT molecular complexity index is 1160. The first-order valence-electron chi connectivity index (χ1n) is 9.91. The molecule has 2 heterocycles. The van der Waals surface area contributed by atoms with Crippen LogP contribution < -0.4 is 4.57 Å². The summed E-state index contributed by atoms with van der Waals surface area (Å²) in [5.41, 5.74) is 1.76. The average Bonchev–Trinajstić information content (AvgIpc) is 2.86. The number of benzene rings is 2. The lowest BCUT2D eigenvalue weighted by Crippen LogP contribution is -2.38. The van der Waals surface area contributed by atoms with E-state index in [1.54, 1.807) is 18.3 Å². The van der Waals surface area contributed by atoms with Gasteiger partial charge in [-0.3, -0.25) is 4.99 Å². The highest BCUT2D eigenvalue weighted by Gasteiger charge is 2.33. The molecule has 2 aromatic carbocycles. The summed E-state index contributed by atoms with van der Waals surface area (Å²) in [6.07, 6.45) is 4.36. The SMILES string of the molecule is CCOCCc1cnc2[n+](c1)-c1ccc(Cl)c(Cl)c1C(c1c(F)cccc1F)=N[C@H]2C. The number of nitrogens with zero attached hydrogens (tertiary/aromatic N) is 3. The van der Waals surface area contributed by atoms with E-state index in [0.29, 0.717) is 36.7 Å². The van der Waals surface area contributed by atoms with Gasteiger partial charge in [0.2, 0.25) is 0 Å². The molecule has 4 nitrogen and oxygen atoms in total. The van der Waals surface area contributed by atoms with Crippen LogP contribution in [-0.4, -0.2) is 23.9 Å². The maximum atomic E-state index is 14.8. The summed E-state index contributed by atoms with van der Waals surface area (Å²) in [4.78, 5) is 9.24. The number of hydrogen-bond donors (Lipinski definition) is 0. The topological polar surface area (TPSA) is 38.4 Å². The Hall–Kier alpha value is -2.41. The maximum Gasteiger partial charge on any atom is 0.327 e. The van der Waals surface area contributed by atoms with Crippen LogP contribution in [0.2, 0.25) is 10.0 Å². The summed E-state index contributed by atoms with van der Waals surface area (Å²) in [5.74, 6) is -0.838. The number of halogens is 4. The van der Waals surface area contributed by atoms with Crippen molar-refractivity contribution in [3.8, 4) is 5.69 Å². The van der Waals surface area contributed by atoms with Gasteiger partial charge < -0.3 is 4.74 Å². The molecule has 3 aromatic rings. The van der Waals surface area contributed by atoms with E-state index in [1.807, 2.05) is 24.6 Å². The van der Waals surface area contributed by atoms with Crippen LogP contribution in [-0.2, 0) is 11.2 Å². The van der Waals surface area contributed by atoms with Crippen molar-refractivity contribution in [2.24, 2.45) is 4.99 Å². The van der Waals surface area contributed by atoms with Gasteiger partial charge in [-0.2, -0.15) is 4.57 Å². The number of rotatable bonds is 5. The minimum Gasteiger partial charge on any atom is -0.381 e. The van der Waals surface area contributed by atoms with E-state index in [1.165, 1.54) is 18.2 Å². The standard InChI is InChI=1S/C23H20Cl2F2N3O/c1-3-31-10-9-14-11-28-23-13(2)29-22(19-16(26)5-4-6-17(19)27)20-18(30(23)12-14)8-7-15(24)21(20)25/h4-8,11-13H,3,9-10H2,1-2H3/q+1/t13-/m0/s1. The second-order valence-corrected chi connectivity index (χ2v) is 7.93. The predicted octanol–water partition coefficient (Wildman–Crippen LogP) is 5.43. The Labute approximate surface area is 189 Å². The minimum absolute atomic E-state index is 0.104. The van der Waals surface area contributed by atoms with Gasteiger partial charge in [-0.25, -0.2) is 8.78 Å². The van der Waals surface area contributed by atoms with Crippen LogP contribution in [0.4, 0.5) is 8.78 Å². The second kappa shape index (κ2) is 8.99. The first-order valence-corrected chi connectivity index (χ1v) is 10.7. The van der Waals surface area contributed by atoms with E-state index in [4.69, 9.17) is 27.9 Å². The van der Waals surface area contributed by atoms with Gasteiger partial charge in [0.15, 0.2) is 6.04 Å². The molecule has 4 rings (SSSR count). The van der Waals surface area contributed by atoms with E-state index >= 15 is 0 Å². The van der Waals surface area contributed by atoms with Crippen LogP contribution in [0, 0.1) is 11.6 Å². The smallest absolute Gasteiger partial charge is 0.327 e. The molecular formula is C23H20Cl2F2N3O+. The normalized spacial score (nSPS) is 15.2. The van der Waals surface area contributed by atoms with Gasteiger partial charge in [-0.15, -0.1) is 0 Å². The highest BCUT2D eigenvalue weighted by Crippen LogP contribution is 2.35. The van der Waals surface area contributed by atoms with E-state index in [-0.39, 0.29) is 21.3 Å². The zero-order chi connectivity index (χ0) is 22.1. The highest BCUT2D eigenvalue weighted by molar-refractivity contribution is 6.45. The third-order valence-electron chi connectivity index (χ3n) is 5.11. The molecule has 1 aliphatic rings. The van der Waals surface area contributed by atoms with Gasteiger partial charge in [0.05, 0.1) is 33.5 Å². The molecule has 0 spiro atoms. The van der Waals surface area contributed by atoms with Gasteiger partial charge in [0.25, 0.3) is 0 Å². The Morgan fingerprint density at radius 3 is 2.55 bits per heavy atom. The fourth-order valence-electron chi connectivity index (χ4n) is 3.64. The van der Waals surface area contributed by atoms with Gasteiger partial charge in [0.1, 0.15) is 29.7 Å². The van der Waals surface area contributed by atoms with Crippen molar-refractivity contribution in [3.63, 3.8) is 0 Å². The van der Waals surface area contributed by atoms with E-state index in [2.05, 4.69) is 9.98 Å². The van der Waals surface area contributed by atoms with Crippen LogP contribution in [0.1, 0.15) is 42.4 Å². The van der Waals surface area contributed by atoms with Crippen LogP contribution in [0.3, 0.4) is 0 Å². The van der Waals surface area contributed by atoms with E-state index < -0.39 is 17.7 Å². The third kappa shape index (κ3) is 4.07. The summed E-state index contributed by atoms with van der Waals surface area (Å²) >= 11 is 12.9. The molecule has 1 aliphatic heterocycles. The lowest BCUT2D eigenvalue weighted by Gasteiger charge is -2.13. The zero-order valence-electron chi connectivity index (χ0n) is 17.0. The molecule has 0 radical (unpaired) electrons. The van der Waals surface area contributed by atoms with Crippen LogP contribution in [0.15, 0.2) is 47.7 Å². The lowest BCUT2D eigenvalue weighted by atomic mass is 9.99. The Balaban J connectivity index is 1.97. The molecule has 0 saturated heterocycles. The number of ether oxygens (including phenoxy) is 1. The molecule has 0 unspecified atom stereocenters. The highest BCUT2D eigenvalue weighted by atomic mass is 35.5. The summed E-state index contributed by atoms with van der Waals surface area (Å²) in [5, 5.41) is 0.440. The van der Waals surface area contributed by atoms with Gasteiger partial charge in [-0.05, 0) is 38.1 Å². The van der Waals surface area contributed by atoms with Crippen molar-refractivity contribution in [1.82, 2.24) is 4.98 Å². The monoisotopic (exact) mass is 462 g/mol. The Kier molecular flexibility index (Phi) is 6.32. The lowest BCUT2D eigenvalue weighted by molar-refractivity contribution is -0.609. The predicted molar refractivity (Wildman–Crippen MR) is 116 cm³/mol. The van der Waals surface area contributed by atoms with E-state index in [9.17, 15) is 8.78 Å². The fourth-order valence-corrected chi connectivity index (χ4v) is 4.04. The van der Waals surface area contributed by atoms with Crippen molar-refractivity contribution in [2.45, 2.75) is 26.3 Å². The van der Waals surface area contributed by atoms with Crippen molar-refractivity contribution < 1.29 is 18.1 Å². The van der Waals surface area contributed by atoms with Crippen molar-refractivity contribution in [1.29, 1.82) is 0 Å². The van der Waals surface area contributed by atoms with Crippen LogP contribution >= 0.6 is 23.2 Å². The Morgan fingerprint density at radius 1 is 1.10 bits per heavy atom. The number of aromatic nitrogens is 2. The van der Waals surface area contributed by atoms with E-state index in [0.717, 1.165) is 5.56 Å².